The summed E-state index contributed by atoms with van der Waals surface area (Å²) in [6, 6.07) is 6.27. The first kappa shape index (κ1) is 23.8. The fraction of sp³-hybridized carbons (Fsp3) is 0.640. The van der Waals surface area contributed by atoms with Gasteiger partial charge >= 0.3 is 0 Å². The van der Waals surface area contributed by atoms with Gasteiger partial charge in [0.1, 0.15) is 6.04 Å². The van der Waals surface area contributed by atoms with Crippen molar-refractivity contribution >= 4 is 28.3 Å². The average molecular weight is 490 g/mol. The Morgan fingerprint density at radius 3 is 2.56 bits per heavy atom. The maximum absolute atomic E-state index is 13.0. The third kappa shape index (κ3) is 5.03. The van der Waals surface area contributed by atoms with Crippen LogP contribution in [-0.4, -0.2) is 61.4 Å². The molecular formula is C25H35N3O5S. The molecule has 34 heavy (non-hydrogen) atoms. The Morgan fingerprint density at radius 1 is 1.03 bits per heavy atom. The molecule has 0 spiro atoms. The number of carbonyl (C=O) groups excluding carboxylic acids is 3. The van der Waals surface area contributed by atoms with Crippen molar-refractivity contribution in [1.82, 2.24) is 15.5 Å². The fourth-order valence-corrected chi connectivity index (χ4v) is 7.63. The number of piperidine rings is 1. The van der Waals surface area contributed by atoms with Crippen LogP contribution in [0.5, 0.6) is 0 Å². The third-order valence-corrected chi connectivity index (χ3v) is 9.81. The van der Waals surface area contributed by atoms with Crippen LogP contribution in [0.4, 0.5) is 0 Å². The SMILES string of the molecule is O=C1CCC(N2Cc3cc(C[C@H]4CCCC[C@@H]4NC4CCS(O)(O)CC4)ccc3C2=O)C(=O)N1. The maximum atomic E-state index is 13.0. The van der Waals surface area contributed by atoms with E-state index in [-0.39, 0.29) is 24.1 Å². The predicted octanol–water partition coefficient (Wildman–Crippen LogP) is 3.05. The molecule has 3 aliphatic heterocycles. The van der Waals surface area contributed by atoms with Gasteiger partial charge in [-0.15, -0.1) is 0 Å². The van der Waals surface area contributed by atoms with Gasteiger partial charge in [-0.3, -0.25) is 28.8 Å². The molecular weight excluding hydrogens is 454 g/mol. The zero-order valence-electron chi connectivity index (χ0n) is 19.5. The van der Waals surface area contributed by atoms with E-state index in [1.165, 1.54) is 18.4 Å². The van der Waals surface area contributed by atoms with Gasteiger partial charge in [0.2, 0.25) is 11.8 Å². The summed E-state index contributed by atoms with van der Waals surface area (Å²) >= 11 is 0. The second kappa shape index (κ2) is 9.60. The monoisotopic (exact) mass is 489 g/mol. The fourth-order valence-electron chi connectivity index (χ4n) is 6.11. The molecule has 1 saturated carbocycles. The topological polar surface area (TPSA) is 119 Å². The smallest absolute Gasteiger partial charge is 0.255 e. The molecule has 4 aliphatic rings. The number of rotatable bonds is 5. The molecule has 8 nitrogen and oxygen atoms in total. The van der Waals surface area contributed by atoms with Gasteiger partial charge in [0.25, 0.3) is 5.91 Å². The number of fused-ring (bicyclic) bond motifs is 1. The molecule has 0 bridgehead atoms. The van der Waals surface area contributed by atoms with E-state index in [4.69, 9.17) is 0 Å². The lowest BCUT2D eigenvalue weighted by atomic mass is 9.80. The second-order valence-electron chi connectivity index (χ2n) is 10.4. The molecule has 4 N–H and O–H groups in total. The van der Waals surface area contributed by atoms with E-state index in [1.807, 2.05) is 12.1 Å². The Hall–Kier alpha value is -1.94. The molecule has 1 aromatic carbocycles. The summed E-state index contributed by atoms with van der Waals surface area (Å²) in [5.74, 6) is 0.742. The standard InChI is InChI=1S/C25H35N3O5S/c29-23-8-7-22(24(30)27-23)28-15-18-14-16(5-6-20(18)25(28)31)13-17-3-1-2-4-21(17)26-19-9-11-34(32,33)12-10-19/h5-6,14,17,19,21-22,26,32-33H,1-4,7-13,15H2,(H,27,29,30)/t17-,21+,22?/m1/s1. The number of nitrogens with one attached hydrogen (secondary N) is 2. The van der Waals surface area contributed by atoms with E-state index in [9.17, 15) is 23.5 Å². The lowest BCUT2D eigenvalue weighted by molar-refractivity contribution is -0.136. The molecule has 1 aliphatic carbocycles. The summed E-state index contributed by atoms with van der Waals surface area (Å²) in [5, 5.41) is 6.20. The van der Waals surface area contributed by atoms with E-state index >= 15 is 0 Å². The normalized spacial score (nSPS) is 30.7. The first-order chi connectivity index (χ1) is 16.3. The van der Waals surface area contributed by atoms with Crippen LogP contribution in [0.3, 0.4) is 0 Å². The summed E-state index contributed by atoms with van der Waals surface area (Å²) < 4.78 is 19.8. The molecule has 3 heterocycles. The van der Waals surface area contributed by atoms with Crippen molar-refractivity contribution in [2.45, 2.75) is 82.5 Å². The number of hydrogen-bond donors (Lipinski definition) is 4. The highest BCUT2D eigenvalue weighted by atomic mass is 32.3. The van der Waals surface area contributed by atoms with Crippen LogP contribution in [0, 0.1) is 5.92 Å². The van der Waals surface area contributed by atoms with Crippen molar-refractivity contribution in [2.75, 3.05) is 11.5 Å². The van der Waals surface area contributed by atoms with Crippen molar-refractivity contribution in [3.8, 4) is 0 Å². The van der Waals surface area contributed by atoms with E-state index < -0.39 is 16.6 Å². The first-order valence-electron chi connectivity index (χ1n) is 12.6. The van der Waals surface area contributed by atoms with Gasteiger partial charge in [-0.1, -0.05) is 25.0 Å². The minimum Gasteiger partial charge on any atom is -0.322 e. The summed E-state index contributed by atoms with van der Waals surface area (Å²) in [4.78, 5) is 38.3. The van der Waals surface area contributed by atoms with Gasteiger partial charge in [-0.05, 0) is 61.6 Å². The molecule has 3 amide bonds. The first-order valence-corrected chi connectivity index (χ1v) is 14.4. The Morgan fingerprint density at radius 2 is 1.79 bits per heavy atom. The van der Waals surface area contributed by atoms with E-state index in [2.05, 4.69) is 16.7 Å². The lowest BCUT2D eigenvalue weighted by Crippen LogP contribution is -2.52. The van der Waals surface area contributed by atoms with Gasteiger partial charge in [-0.2, -0.15) is 10.6 Å². The predicted molar refractivity (Wildman–Crippen MR) is 131 cm³/mol. The van der Waals surface area contributed by atoms with Crippen molar-refractivity contribution in [2.24, 2.45) is 5.92 Å². The number of imide groups is 1. The molecule has 2 saturated heterocycles. The van der Waals surface area contributed by atoms with Gasteiger partial charge < -0.3 is 10.2 Å². The molecule has 3 atom stereocenters. The molecule has 9 heteroatoms. The van der Waals surface area contributed by atoms with Gasteiger partial charge in [-0.25, -0.2) is 0 Å². The Balaban J connectivity index is 1.24. The molecule has 186 valence electrons. The quantitative estimate of drug-likeness (QED) is 0.472. The van der Waals surface area contributed by atoms with E-state index in [0.29, 0.717) is 48.0 Å². The van der Waals surface area contributed by atoms with Gasteiger partial charge in [0.05, 0.1) is 0 Å². The van der Waals surface area contributed by atoms with Crippen LogP contribution < -0.4 is 10.6 Å². The Bertz CT molecular complexity index is 973. The highest BCUT2D eigenvalue weighted by molar-refractivity contribution is 8.24. The molecule has 3 fully saturated rings. The number of hydrogen-bond acceptors (Lipinski definition) is 6. The van der Waals surface area contributed by atoms with Crippen molar-refractivity contribution in [3.63, 3.8) is 0 Å². The minimum absolute atomic E-state index is 0.128. The molecule has 0 radical (unpaired) electrons. The van der Waals surface area contributed by atoms with Crippen LogP contribution in [0.25, 0.3) is 0 Å². The van der Waals surface area contributed by atoms with Crippen LogP contribution in [0.1, 0.15) is 72.9 Å². The average Bonchev–Trinajstić information content (AvgIpc) is 3.12. The summed E-state index contributed by atoms with van der Waals surface area (Å²) in [5.41, 5.74) is 2.84. The van der Waals surface area contributed by atoms with Crippen LogP contribution in [-0.2, 0) is 22.6 Å². The van der Waals surface area contributed by atoms with E-state index in [0.717, 1.165) is 37.7 Å². The van der Waals surface area contributed by atoms with Crippen molar-refractivity contribution < 1.29 is 23.5 Å². The summed E-state index contributed by atoms with van der Waals surface area (Å²) in [7, 11) is -2.36. The minimum atomic E-state index is -2.36. The van der Waals surface area contributed by atoms with Crippen LogP contribution >= 0.6 is 10.6 Å². The Labute approximate surface area is 202 Å². The second-order valence-corrected chi connectivity index (χ2v) is 12.8. The van der Waals surface area contributed by atoms with Crippen molar-refractivity contribution in [1.29, 1.82) is 0 Å². The van der Waals surface area contributed by atoms with Crippen LogP contribution in [0.2, 0.25) is 0 Å². The molecule has 1 unspecified atom stereocenters. The van der Waals surface area contributed by atoms with E-state index in [1.54, 1.807) is 4.90 Å². The largest absolute Gasteiger partial charge is 0.322 e. The molecule has 0 aromatic heterocycles. The highest BCUT2D eigenvalue weighted by Gasteiger charge is 2.39. The van der Waals surface area contributed by atoms with Gasteiger partial charge in [0, 0.05) is 42.1 Å². The number of carbonyl (C=O) groups is 3. The number of nitrogens with zero attached hydrogens (tertiary/aromatic N) is 1. The number of amides is 3. The molecule has 1 aromatic rings. The zero-order valence-corrected chi connectivity index (χ0v) is 20.3. The maximum Gasteiger partial charge on any atom is 0.255 e. The zero-order chi connectivity index (χ0) is 23.9. The lowest BCUT2D eigenvalue weighted by Gasteiger charge is -2.42. The molecule has 5 rings (SSSR count). The third-order valence-electron chi connectivity index (χ3n) is 8.03. The highest BCUT2D eigenvalue weighted by Crippen LogP contribution is 2.44. The van der Waals surface area contributed by atoms with Crippen molar-refractivity contribution in [3.05, 3.63) is 34.9 Å². The Kier molecular flexibility index (Phi) is 6.72. The van der Waals surface area contributed by atoms with Crippen LogP contribution in [0.15, 0.2) is 18.2 Å². The van der Waals surface area contributed by atoms with Gasteiger partial charge in [0.15, 0.2) is 0 Å². The summed E-state index contributed by atoms with van der Waals surface area (Å²) in [6.07, 6.45) is 7.98. The summed E-state index contributed by atoms with van der Waals surface area (Å²) in [6.45, 7) is 0.412. The number of benzene rings is 1.